The van der Waals surface area contributed by atoms with Gasteiger partial charge in [-0.2, -0.15) is 0 Å². The van der Waals surface area contributed by atoms with Crippen molar-refractivity contribution in [1.82, 2.24) is 0 Å². The van der Waals surface area contributed by atoms with Gasteiger partial charge >= 0.3 is 0 Å². The monoisotopic (exact) mass is 518 g/mol. The number of rotatable bonds is 8. The lowest BCUT2D eigenvalue weighted by molar-refractivity contribution is -0.0750. The minimum Gasteiger partial charge on any atom is -0.379 e. The molecule has 0 aromatic carbocycles. The molecular formula is C16H24I2O3. The fraction of sp³-hybridized carbons (Fsp3) is 0.625. The van der Waals surface area contributed by atoms with Crippen LogP contribution in [0.15, 0.2) is 34.0 Å². The first-order valence-electron chi connectivity index (χ1n) is 7.19. The van der Waals surface area contributed by atoms with Crippen LogP contribution in [-0.4, -0.2) is 29.2 Å². The summed E-state index contributed by atoms with van der Waals surface area (Å²) in [7, 11) is 0. The Hall–Kier alpha value is 0.560. The molecule has 1 unspecified atom stereocenters. The number of alkyl halides is 1. The molecule has 0 radical (unpaired) electrons. The van der Waals surface area contributed by atoms with Gasteiger partial charge in [-0.15, -0.1) is 0 Å². The molecule has 0 aromatic rings. The van der Waals surface area contributed by atoms with E-state index in [1.807, 2.05) is 19.1 Å². The van der Waals surface area contributed by atoms with Gasteiger partial charge in [0.2, 0.25) is 3.79 Å². The molecule has 1 rings (SSSR count). The molecule has 0 aliphatic carbocycles. The zero-order chi connectivity index (χ0) is 15.9. The highest BCUT2D eigenvalue weighted by atomic mass is 127. The maximum Gasteiger partial charge on any atom is 0.219 e. The van der Waals surface area contributed by atoms with E-state index in [9.17, 15) is 0 Å². The number of hydrogen-bond acceptors (Lipinski definition) is 3. The molecule has 0 N–H and O–H groups in total. The predicted octanol–water partition coefficient (Wildman–Crippen LogP) is 5.15. The lowest BCUT2D eigenvalue weighted by atomic mass is 10.1. The van der Waals surface area contributed by atoms with Gasteiger partial charge in [-0.3, -0.25) is 0 Å². The molecule has 3 nitrogen and oxygen atoms in total. The van der Waals surface area contributed by atoms with Crippen molar-refractivity contribution in [1.29, 1.82) is 0 Å². The van der Waals surface area contributed by atoms with Gasteiger partial charge in [0, 0.05) is 10.2 Å². The number of ether oxygens (including phenoxy) is 3. The van der Waals surface area contributed by atoms with Gasteiger partial charge in [-0.25, -0.2) is 0 Å². The van der Waals surface area contributed by atoms with E-state index >= 15 is 0 Å². The molecule has 0 spiro atoms. The van der Waals surface area contributed by atoms with Crippen LogP contribution in [0.2, 0.25) is 0 Å². The van der Waals surface area contributed by atoms with Gasteiger partial charge in [0.25, 0.3) is 0 Å². The summed E-state index contributed by atoms with van der Waals surface area (Å²) < 4.78 is 18.3. The Balaban J connectivity index is 2.75. The van der Waals surface area contributed by atoms with E-state index in [1.165, 1.54) is 0 Å². The van der Waals surface area contributed by atoms with Gasteiger partial charge in [0.1, 0.15) is 12.2 Å². The molecule has 21 heavy (non-hydrogen) atoms. The van der Waals surface area contributed by atoms with Crippen LogP contribution in [0.3, 0.4) is 0 Å². The van der Waals surface area contributed by atoms with Crippen LogP contribution in [0.5, 0.6) is 0 Å². The van der Waals surface area contributed by atoms with Crippen LogP contribution < -0.4 is 0 Å². The van der Waals surface area contributed by atoms with E-state index in [-0.39, 0.29) is 12.2 Å². The zero-order valence-corrected chi connectivity index (χ0v) is 17.2. The van der Waals surface area contributed by atoms with E-state index in [0.29, 0.717) is 6.61 Å². The van der Waals surface area contributed by atoms with E-state index in [1.54, 1.807) is 6.08 Å². The summed E-state index contributed by atoms with van der Waals surface area (Å²) in [6.07, 6.45) is 7.81. The van der Waals surface area contributed by atoms with Gasteiger partial charge < -0.3 is 14.2 Å². The molecule has 0 saturated carbocycles. The summed E-state index contributed by atoms with van der Waals surface area (Å²) in [4.78, 5) is 0. The first-order valence-corrected chi connectivity index (χ1v) is 9.34. The molecule has 0 aromatic heterocycles. The van der Waals surface area contributed by atoms with Crippen LogP contribution in [0, 0.1) is 0 Å². The Kier molecular flexibility index (Phi) is 9.00. The lowest BCUT2D eigenvalue weighted by Crippen LogP contribution is -2.29. The molecular weight excluding hydrogens is 494 g/mol. The Morgan fingerprint density at radius 2 is 2.14 bits per heavy atom. The highest BCUT2D eigenvalue weighted by Crippen LogP contribution is 2.38. The normalized spacial score (nSPS) is 30.7. The van der Waals surface area contributed by atoms with Crippen molar-refractivity contribution in [2.45, 2.75) is 49.6 Å². The summed E-state index contributed by atoms with van der Waals surface area (Å²) >= 11 is 4.51. The summed E-state index contributed by atoms with van der Waals surface area (Å²) in [5.41, 5.74) is 1.16. The highest BCUT2D eigenvalue weighted by molar-refractivity contribution is 14.1. The quantitative estimate of drug-likeness (QED) is 0.193. The molecule has 5 heteroatoms. The second-order valence-corrected chi connectivity index (χ2v) is 8.21. The largest absolute Gasteiger partial charge is 0.379 e. The molecule has 3 atom stereocenters. The average molecular weight is 518 g/mol. The van der Waals surface area contributed by atoms with Crippen LogP contribution in [-0.2, 0) is 14.2 Å². The topological polar surface area (TPSA) is 27.7 Å². The van der Waals surface area contributed by atoms with Crippen molar-refractivity contribution in [3.63, 3.8) is 0 Å². The van der Waals surface area contributed by atoms with E-state index < -0.39 is 3.79 Å². The smallest absolute Gasteiger partial charge is 0.219 e. The first-order chi connectivity index (χ1) is 9.91. The van der Waals surface area contributed by atoms with Crippen molar-refractivity contribution in [2.75, 3.05) is 13.2 Å². The van der Waals surface area contributed by atoms with E-state index in [0.717, 1.165) is 28.6 Å². The SMILES string of the molecule is C=C/C=C\C(I)=C(/C)[C@H]1OC(C)(I)O[C@H]1COCCCC. The summed E-state index contributed by atoms with van der Waals surface area (Å²) in [6.45, 7) is 11.2. The molecule has 0 bridgehead atoms. The van der Waals surface area contributed by atoms with Gasteiger partial charge in [0.05, 0.1) is 6.61 Å². The van der Waals surface area contributed by atoms with Crippen LogP contribution >= 0.6 is 45.2 Å². The van der Waals surface area contributed by atoms with Crippen molar-refractivity contribution in [3.05, 3.63) is 34.0 Å². The third-order valence-electron chi connectivity index (χ3n) is 3.14. The van der Waals surface area contributed by atoms with Gasteiger partial charge in [-0.1, -0.05) is 32.1 Å². The van der Waals surface area contributed by atoms with Crippen LogP contribution in [0.25, 0.3) is 0 Å². The lowest BCUT2D eigenvalue weighted by Gasteiger charge is -2.18. The predicted molar refractivity (Wildman–Crippen MR) is 104 cm³/mol. The minimum atomic E-state index is -0.596. The third kappa shape index (κ3) is 6.68. The van der Waals surface area contributed by atoms with E-state index in [2.05, 4.69) is 65.6 Å². The molecule has 1 heterocycles. The summed E-state index contributed by atoms with van der Waals surface area (Å²) in [6, 6.07) is 0. The zero-order valence-electron chi connectivity index (χ0n) is 12.9. The molecule has 1 aliphatic rings. The summed E-state index contributed by atoms with van der Waals surface area (Å²) in [5.74, 6) is 0. The Labute approximate surface area is 155 Å². The molecule has 120 valence electrons. The molecule has 0 amide bonds. The first kappa shape index (κ1) is 19.6. The Bertz CT molecular complexity index is 402. The number of hydrogen-bond donors (Lipinski definition) is 0. The number of halogens is 2. The maximum atomic E-state index is 6.04. The maximum absolute atomic E-state index is 6.04. The second kappa shape index (κ2) is 9.64. The standard InChI is InChI=1S/C16H24I2O3/c1-5-7-9-13(17)12(3)15-14(11-19-10-8-6-2)20-16(4,18)21-15/h5,7,9,14-15H,1,6,8,10-11H2,2-4H3/b9-7-,13-12-/t14-,15+,16?/m0/s1. The second-order valence-electron chi connectivity index (χ2n) is 5.08. The summed E-state index contributed by atoms with van der Waals surface area (Å²) in [5, 5.41) is 0. The molecule has 1 aliphatic heterocycles. The van der Waals surface area contributed by atoms with E-state index in [4.69, 9.17) is 14.2 Å². The van der Waals surface area contributed by atoms with Crippen LogP contribution in [0.4, 0.5) is 0 Å². The fourth-order valence-corrected chi connectivity index (χ4v) is 3.13. The number of unbranched alkanes of at least 4 members (excludes halogenated alkanes) is 1. The van der Waals surface area contributed by atoms with Gasteiger partial charge in [-0.05, 0) is 77.1 Å². The Morgan fingerprint density at radius 1 is 1.43 bits per heavy atom. The fourth-order valence-electron chi connectivity index (χ4n) is 2.02. The number of allylic oxidation sites excluding steroid dienone is 4. The third-order valence-corrected chi connectivity index (χ3v) is 4.86. The van der Waals surface area contributed by atoms with Crippen molar-refractivity contribution in [3.8, 4) is 0 Å². The van der Waals surface area contributed by atoms with Crippen molar-refractivity contribution in [2.24, 2.45) is 0 Å². The van der Waals surface area contributed by atoms with Crippen LogP contribution in [0.1, 0.15) is 33.6 Å². The molecule has 1 fully saturated rings. The Morgan fingerprint density at radius 3 is 2.76 bits per heavy atom. The van der Waals surface area contributed by atoms with Gasteiger partial charge in [0.15, 0.2) is 0 Å². The highest BCUT2D eigenvalue weighted by Gasteiger charge is 2.43. The van der Waals surface area contributed by atoms with Crippen molar-refractivity contribution < 1.29 is 14.2 Å². The van der Waals surface area contributed by atoms with Crippen molar-refractivity contribution >= 4 is 45.2 Å². The average Bonchev–Trinajstić information content (AvgIpc) is 2.75. The minimum absolute atomic E-state index is 0.0642. The molecule has 1 saturated heterocycles.